The molecule has 0 aliphatic heterocycles. The van der Waals surface area contributed by atoms with Crippen molar-refractivity contribution < 1.29 is 0 Å². The first-order valence-electron chi connectivity index (χ1n) is 19.0. The molecule has 56 heavy (non-hydrogen) atoms. The molecule has 0 spiro atoms. The zero-order valence-corrected chi connectivity index (χ0v) is 31.1. The van der Waals surface area contributed by atoms with Gasteiger partial charge in [-0.25, -0.2) is 0 Å². The van der Waals surface area contributed by atoms with E-state index < -0.39 is 0 Å². The first kappa shape index (κ1) is 34.4. The molecule has 0 aliphatic rings. The fraction of sp³-hybridized carbons (Fsp3) is 0. The average Bonchev–Trinajstić information content (AvgIpc) is 3.61. The van der Waals surface area contributed by atoms with Crippen LogP contribution in [0.5, 0.6) is 0 Å². The van der Waals surface area contributed by atoms with Gasteiger partial charge in [-0.05, 0) is 111 Å². The average molecular weight is 717 g/mol. The molecule has 1 heterocycles. The number of nitrogens with zero attached hydrogens (tertiary/aromatic N) is 2. The maximum atomic E-state index is 4.03. The molecule has 0 N–H and O–H groups in total. The van der Waals surface area contributed by atoms with Gasteiger partial charge in [0.05, 0.1) is 11.0 Å². The third-order valence-corrected chi connectivity index (χ3v) is 10.6. The fourth-order valence-corrected chi connectivity index (χ4v) is 7.87. The Balaban J connectivity index is 1.21. The van der Waals surface area contributed by atoms with Crippen LogP contribution in [0.25, 0.3) is 66.4 Å². The second-order valence-corrected chi connectivity index (χ2v) is 13.9. The minimum atomic E-state index is 1.03. The van der Waals surface area contributed by atoms with Crippen LogP contribution in [0.15, 0.2) is 232 Å². The predicted molar refractivity (Wildman–Crippen MR) is 240 cm³/mol. The Kier molecular flexibility index (Phi) is 9.29. The van der Waals surface area contributed by atoms with E-state index in [4.69, 9.17) is 0 Å². The normalized spacial score (nSPS) is 11.5. The van der Waals surface area contributed by atoms with Gasteiger partial charge in [0.25, 0.3) is 0 Å². The number of aromatic nitrogens is 1. The van der Waals surface area contributed by atoms with Gasteiger partial charge in [0.15, 0.2) is 0 Å². The van der Waals surface area contributed by atoms with Gasteiger partial charge in [-0.2, -0.15) is 0 Å². The molecule has 1 aromatic heterocycles. The van der Waals surface area contributed by atoms with E-state index in [2.05, 4.69) is 223 Å². The lowest BCUT2D eigenvalue weighted by atomic mass is 9.92. The van der Waals surface area contributed by atoms with E-state index >= 15 is 0 Å². The van der Waals surface area contributed by atoms with Crippen molar-refractivity contribution in [1.82, 2.24) is 4.57 Å². The summed E-state index contributed by atoms with van der Waals surface area (Å²) in [6, 6.07) is 72.0. The van der Waals surface area contributed by atoms with E-state index in [0.717, 1.165) is 39.4 Å². The quantitative estimate of drug-likeness (QED) is 0.128. The molecule has 0 aliphatic carbocycles. The number of fused-ring (bicyclic) bond motifs is 3. The molecule has 9 aromatic rings. The lowest BCUT2D eigenvalue weighted by molar-refractivity contribution is 1.18. The third kappa shape index (κ3) is 6.44. The summed E-state index contributed by atoms with van der Waals surface area (Å²) >= 11 is 0. The molecular weight excluding hydrogens is 677 g/mol. The van der Waals surface area contributed by atoms with Gasteiger partial charge in [-0.15, -0.1) is 0 Å². The van der Waals surface area contributed by atoms with Gasteiger partial charge in [0.2, 0.25) is 0 Å². The van der Waals surface area contributed by atoms with Crippen LogP contribution < -0.4 is 4.90 Å². The summed E-state index contributed by atoms with van der Waals surface area (Å²) < 4.78 is 2.37. The number of para-hydroxylation sites is 2. The summed E-state index contributed by atoms with van der Waals surface area (Å²) in [6.07, 6.45) is 5.67. The number of rotatable bonds is 10. The molecule has 2 nitrogen and oxygen atoms in total. The summed E-state index contributed by atoms with van der Waals surface area (Å²) in [7, 11) is 0. The van der Waals surface area contributed by atoms with Crippen molar-refractivity contribution in [3.05, 3.63) is 237 Å². The molecule has 0 atom stereocenters. The zero-order valence-electron chi connectivity index (χ0n) is 31.1. The first-order valence-corrected chi connectivity index (χ1v) is 19.0. The topological polar surface area (TPSA) is 8.17 Å². The summed E-state index contributed by atoms with van der Waals surface area (Å²) in [6.45, 7) is 7.93. The van der Waals surface area contributed by atoms with Crippen LogP contribution in [0.2, 0.25) is 0 Å². The summed E-state index contributed by atoms with van der Waals surface area (Å²) in [5.41, 5.74) is 15.9. The van der Waals surface area contributed by atoms with Crippen LogP contribution in [-0.2, 0) is 0 Å². The molecule has 0 radical (unpaired) electrons. The van der Waals surface area contributed by atoms with Crippen molar-refractivity contribution in [1.29, 1.82) is 0 Å². The Bertz CT molecular complexity index is 2850. The molecule has 0 saturated heterocycles. The Morgan fingerprint density at radius 2 is 0.982 bits per heavy atom. The van der Waals surface area contributed by atoms with Crippen LogP contribution in [0, 0.1) is 0 Å². The van der Waals surface area contributed by atoms with Gasteiger partial charge in [-0.1, -0.05) is 165 Å². The van der Waals surface area contributed by atoms with E-state index in [1.807, 2.05) is 12.2 Å². The highest BCUT2D eigenvalue weighted by Gasteiger charge is 2.19. The summed E-state index contributed by atoms with van der Waals surface area (Å²) in [4.78, 5) is 2.34. The minimum absolute atomic E-state index is 1.03. The molecule has 0 unspecified atom stereocenters. The Labute approximate surface area is 328 Å². The molecule has 266 valence electrons. The number of benzene rings is 8. The van der Waals surface area contributed by atoms with Gasteiger partial charge in [0.1, 0.15) is 0 Å². The van der Waals surface area contributed by atoms with Crippen molar-refractivity contribution in [3.63, 3.8) is 0 Å². The van der Waals surface area contributed by atoms with Crippen LogP contribution in [0.3, 0.4) is 0 Å². The Morgan fingerprint density at radius 3 is 1.66 bits per heavy atom. The highest BCUT2D eigenvalue weighted by atomic mass is 15.1. The molecule has 9 rings (SSSR count). The summed E-state index contributed by atoms with van der Waals surface area (Å²) in [5, 5.41) is 2.47. The van der Waals surface area contributed by atoms with E-state index in [1.54, 1.807) is 6.08 Å². The number of hydrogen-bond acceptors (Lipinski definition) is 1. The van der Waals surface area contributed by atoms with Crippen molar-refractivity contribution in [2.75, 3.05) is 4.90 Å². The van der Waals surface area contributed by atoms with Crippen molar-refractivity contribution in [2.45, 2.75) is 0 Å². The van der Waals surface area contributed by atoms with Crippen LogP contribution >= 0.6 is 0 Å². The van der Waals surface area contributed by atoms with Crippen molar-refractivity contribution >= 4 is 44.4 Å². The van der Waals surface area contributed by atoms with E-state index in [9.17, 15) is 0 Å². The molecule has 0 saturated carbocycles. The second kappa shape index (κ2) is 15.1. The molecular formula is C54H40N2. The highest BCUT2D eigenvalue weighted by Crippen LogP contribution is 2.43. The standard InChI is InChI=1S/C54H40N2/c1-3-16-39(4-2)41-25-30-46(31-26-41)55(47-32-27-42(28-33-47)40-17-8-5-9-18-40)48-34-35-49(51(38-48)43-19-10-6-11-20-43)44-29-36-54-52(37-44)50-23-14-15-24-53(50)56(54)45-21-12-7-13-22-45/h3-38H,1-2H2/b39-16+. The maximum absolute atomic E-state index is 4.03. The van der Waals surface area contributed by atoms with Crippen molar-refractivity contribution in [2.24, 2.45) is 0 Å². The SMILES string of the molecule is C=C/C=C(\C=C)c1ccc(N(c2ccc(-c3ccccc3)cc2)c2ccc(-c3ccc4c(c3)c3ccccc3n4-c3ccccc3)c(-c3ccccc3)c2)cc1. The zero-order chi connectivity index (χ0) is 37.8. The van der Waals surface area contributed by atoms with Crippen LogP contribution in [0.4, 0.5) is 17.1 Å². The number of allylic oxidation sites excluding steroid dienone is 4. The largest absolute Gasteiger partial charge is 0.310 e. The molecule has 8 aromatic carbocycles. The molecule has 0 fully saturated rings. The third-order valence-electron chi connectivity index (χ3n) is 10.6. The summed E-state index contributed by atoms with van der Waals surface area (Å²) in [5.74, 6) is 0. The monoisotopic (exact) mass is 716 g/mol. The Hall–Kier alpha value is -7.42. The van der Waals surface area contributed by atoms with Gasteiger partial charge in [-0.3, -0.25) is 0 Å². The first-order chi connectivity index (χ1) is 27.7. The van der Waals surface area contributed by atoms with Crippen molar-refractivity contribution in [3.8, 4) is 39.1 Å². The van der Waals surface area contributed by atoms with Crippen LogP contribution in [0.1, 0.15) is 5.56 Å². The lowest BCUT2D eigenvalue weighted by Crippen LogP contribution is -2.10. The molecule has 0 amide bonds. The minimum Gasteiger partial charge on any atom is -0.310 e. The smallest absolute Gasteiger partial charge is 0.0541 e. The molecule has 2 heteroatoms. The highest BCUT2D eigenvalue weighted by molar-refractivity contribution is 6.11. The van der Waals surface area contributed by atoms with E-state index in [-0.39, 0.29) is 0 Å². The Morgan fingerprint density at radius 1 is 0.429 bits per heavy atom. The number of anilines is 3. The van der Waals surface area contributed by atoms with E-state index in [0.29, 0.717) is 0 Å². The second-order valence-electron chi connectivity index (χ2n) is 13.9. The fourth-order valence-electron chi connectivity index (χ4n) is 7.87. The molecule has 0 bridgehead atoms. The number of hydrogen-bond donors (Lipinski definition) is 0. The lowest BCUT2D eigenvalue weighted by Gasteiger charge is -2.27. The maximum Gasteiger partial charge on any atom is 0.0541 e. The van der Waals surface area contributed by atoms with E-state index in [1.165, 1.54) is 49.6 Å². The van der Waals surface area contributed by atoms with Gasteiger partial charge >= 0.3 is 0 Å². The predicted octanol–water partition coefficient (Wildman–Crippen LogP) is 15.0. The van der Waals surface area contributed by atoms with Gasteiger partial charge < -0.3 is 9.47 Å². The van der Waals surface area contributed by atoms with Gasteiger partial charge in [0, 0.05) is 33.5 Å². The van der Waals surface area contributed by atoms with Crippen LogP contribution in [-0.4, -0.2) is 4.57 Å².